The molecule has 3 aromatic rings. The first-order valence-electron chi connectivity index (χ1n) is 6.76. The van der Waals surface area contributed by atoms with Crippen LogP contribution in [-0.2, 0) is 6.54 Å². The maximum absolute atomic E-state index is 12.4. The topological polar surface area (TPSA) is 44.1 Å². The Bertz CT molecular complexity index is 927. The minimum absolute atomic E-state index is 0.0440. The molecule has 0 N–H and O–H groups in total. The van der Waals surface area contributed by atoms with Crippen molar-refractivity contribution in [3.63, 3.8) is 0 Å². The highest BCUT2D eigenvalue weighted by Gasteiger charge is 2.10. The van der Waals surface area contributed by atoms with Crippen LogP contribution in [0.4, 0.5) is 0 Å². The minimum Gasteiger partial charge on any atom is -0.497 e. The molecule has 0 fully saturated rings. The highest BCUT2D eigenvalue weighted by molar-refractivity contribution is 7.22. The van der Waals surface area contributed by atoms with Crippen molar-refractivity contribution in [2.24, 2.45) is 0 Å². The van der Waals surface area contributed by atoms with E-state index in [0.717, 1.165) is 21.7 Å². The molecule has 0 radical (unpaired) electrons. The van der Waals surface area contributed by atoms with Crippen LogP contribution >= 0.6 is 11.3 Å². The van der Waals surface area contributed by atoms with Crippen molar-refractivity contribution in [1.29, 1.82) is 0 Å². The standard InChI is InChI=1S/C17H14N2O2S/c1-3-4-9-19-11-18-14-10-15(22-16(14)17(19)20)12-5-7-13(21-2)8-6-12/h5-8,10-11H,9H2,1-2H3. The van der Waals surface area contributed by atoms with E-state index in [4.69, 9.17) is 4.74 Å². The smallest absolute Gasteiger partial charge is 0.272 e. The van der Waals surface area contributed by atoms with Gasteiger partial charge in [0.15, 0.2) is 0 Å². The summed E-state index contributed by atoms with van der Waals surface area (Å²) in [5.41, 5.74) is 1.72. The molecule has 0 aliphatic rings. The van der Waals surface area contributed by atoms with E-state index in [2.05, 4.69) is 16.8 Å². The molecule has 0 saturated carbocycles. The lowest BCUT2D eigenvalue weighted by molar-refractivity contribution is 0.415. The Hall–Kier alpha value is -2.58. The average molecular weight is 310 g/mol. The predicted molar refractivity (Wildman–Crippen MR) is 89.3 cm³/mol. The lowest BCUT2D eigenvalue weighted by atomic mass is 10.2. The number of thiophene rings is 1. The second-order valence-corrected chi connectivity index (χ2v) is 5.71. The van der Waals surface area contributed by atoms with Crippen molar-refractivity contribution in [3.8, 4) is 28.0 Å². The van der Waals surface area contributed by atoms with Gasteiger partial charge in [-0.05, 0) is 42.8 Å². The summed E-state index contributed by atoms with van der Waals surface area (Å²) in [4.78, 5) is 17.8. The molecule has 0 amide bonds. The van der Waals surface area contributed by atoms with Gasteiger partial charge in [-0.15, -0.1) is 17.3 Å². The molecular formula is C17H14N2O2S. The van der Waals surface area contributed by atoms with Crippen LogP contribution in [0.15, 0.2) is 41.5 Å². The van der Waals surface area contributed by atoms with Crippen LogP contribution in [0.3, 0.4) is 0 Å². The van der Waals surface area contributed by atoms with Crippen molar-refractivity contribution in [3.05, 3.63) is 47.0 Å². The molecule has 22 heavy (non-hydrogen) atoms. The summed E-state index contributed by atoms with van der Waals surface area (Å²) in [7, 11) is 1.64. The van der Waals surface area contributed by atoms with E-state index < -0.39 is 0 Å². The summed E-state index contributed by atoms with van der Waals surface area (Å²) >= 11 is 1.45. The van der Waals surface area contributed by atoms with E-state index in [-0.39, 0.29) is 5.56 Å². The monoisotopic (exact) mass is 310 g/mol. The molecular weight excluding hydrogens is 296 g/mol. The van der Waals surface area contributed by atoms with Gasteiger partial charge in [0, 0.05) is 4.88 Å². The van der Waals surface area contributed by atoms with E-state index in [0.29, 0.717) is 11.2 Å². The van der Waals surface area contributed by atoms with Gasteiger partial charge in [0.1, 0.15) is 10.4 Å². The van der Waals surface area contributed by atoms with Gasteiger partial charge < -0.3 is 4.74 Å². The second kappa shape index (κ2) is 6.04. The fourth-order valence-electron chi connectivity index (χ4n) is 2.12. The molecule has 110 valence electrons. The first kappa shape index (κ1) is 14.4. The van der Waals surface area contributed by atoms with Crippen LogP contribution < -0.4 is 10.3 Å². The summed E-state index contributed by atoms with van der Waals surface area (Å²) < 4.78 is 7.35. The minimum atomic E-state index is -0.0440. The molecule has 5 heteroatoms. The Morgan fingerprint density at radius 2 is 2.09 bits per heavy atom. The highest BCUT2D eigenvalue weighted by atomic mass is 32.1. The third-order valence-corrected chi connectivity index (χ3v) is 4.47. The summed E-state index contributed by atoms with van der Waals surface area (Å²) in [5.74, 6) is 6.48. The molecule has 0 bridgehead atoms. The molecule has 0 saturated heterocycles. The van der Waals surface area contributed by atoms with Crippen LogP contribution in [0.1, 0.15) is 6.92 Å². The van der Waals surface area contributed by atoms with Gasteiger partial charge in [-0.2, -0.15) is 0 Å². The van der Waals surface area contributed by atoms with Crippen LogP contribution in [0.2, 0.25) is 0 Å². The average Bonchev–Trinajstić information content (AvgIpc) is 2.99. The van der Waals surface area contributed by atoms with Gasteiger partial charge in [0.2, 0.25) is 0 Å². The number of methoxy groups -OCH3 is 1. The zero-order chi connectivity index (χ0) is 15.5. The molecule has 4 nitrogen and oxygen atoms in total. The zero-order valence-corrected chi connectivity index (χ0v) is 13.1. The molecule has 0 atom stereocenters. The number of ether oxygens (including phenoxy) is 1. The Labute approximate surface area is 132 Å². The van der Waals surface area contributed by atoms with Crippen molar-refractivity contribution in [1.82, 2.24) is 9.55 Å². The van der Waals surface area contributed by atoms with Gasteiger partial charge in [0.25, 0.3) is 5.56 Å². The third kappa shape index (κ3) is 2.61. The fourth-order valence-corrected chi connectivity index (χ4v) is 3.18. The Morgan fingerprint density at radius 1 is 1.32 bits per heavy atom. The first-order valence-corrected chi connectivity index (χ1v) is 7.57. The number of nitrogens with zero attached hydrogens (tertiary/aromatic N) is 2. The van der Waals surface area contributed by atoms with Gasteiger partial charge in [-0.25, -0.2) is 4.98 Å². The SMILES string of the molecule is CC#CCn1cnc2cc(-c3ccc(OC)cc3)sc2c1=O. The molecule has 0 spiro atoms. The van der Waals surface area contributed by atoms with Gasteiger partial charge in [-0.1, -0.05) is 5.92 Å². The predicted octanol–water partition coefficient (Wildman–Crippen LogP) is 3.16. The first-order chi connectivity index (χ1) is 10.7. The number of hydrogen-bond donors (Lipinski definition) is 0. The van der Waals surface area contributed by atoms with E-state index >= 15 is 0 Å². The van der Waals surface area contributed by atoms with E-state index in [1.54, 1.807) is 20.4 Å². The summed E-state index contributed by atoms with van der Waals surface area (Å²) in [6.45, 7) is 2.12. The number of benzene rings is 1. The van der Waals surface area contributed by atoms with Crippen molar-refractivity contribution in [2.75, 3.05) is 7.11 Å². The third-order valence-electron chi connectivity index (χ3n) is 3.30. The number of hydrogen-bond acceptors (Lipinski definition) is 4. The lowest BCUT2D eigenvalue weighted by Gasteiger charge is -2.00. The zero-order valence-electron chi connectivity index (χ0n) is 12.3. The highest BCUT2D eigenvalue weighted by Crippen LogP contribution is 2.31. The quantitative estimate of drug-likeness (QED) is 0.698. The Balaban J connectivity index is 2.06. The molecule has 1 aromatic carbocycles. The van der Waals surface area contributed by atoms with Gasteiger partial charge in [-0.3, -0.25) is 9.36 Å². The summed E-state index contributed by atoms with van der Waals surface area (Å²) in [6, 6.07) is 9.71. The van der Waals surface area contributed by atoms with E-state index in [9.17, 15) is 4.79 Å². The molecule has 3 rings (SSSR count). The number of rotatable bonds is 3. The molecule has 2 aromatic heterocycles. The summed E-state index contributed by atoms with van der Waals surface area (Å²) in [5, 5.41) is 0. The second-order valence-electron chi connectivity index (χ2n) is 4.66. The fraction of sp³-hybridized carbons (Fsp3) is 0.176. The van der Waals surface area contributed by atoms with Crippen LogP contribution in [-0.4, -0.2) is 16.7 Å². The molecule has 2 heterocycles. The maximum Gasteiger partial charge on any atom is 0.272 e. The normalized spacial score (nSPS) is 10.3. The number of aromatic nitrogens is 2. The maximum atomic E-state index is 12.4. The van der Waals surface area contributed by atoms with Crippen molar-refractivity contribution >= 4 is 21.6 Å². The van der Waals surface area contributed by atoms with Crippen LogP contribution in [0.25, 0.3) is 20.7 Å². The Kier molecular flexibility index (Phi) is 3.94. The van der Waals surface area contributed by atoms with Gasteiger partial charge >= 0.3 is 0 Å². The van der Waals surface area contributed by atoms with Crippen molar-refractivity contribution < 1.29 is 4.74 Å². The molecule has 0 aliphatic heterocycles. The number of fused-ring (bicyclic) bond motifs is 1. The van der Waals surface area contributed by atoms with Crippen molar-refractivity contribution in [2.45, 2.75) is 13.5 Å². The van der Waals surface area contributed by atoms with Gasteiger partial charge in [0.05, 0.1) is 25.5 Å². The van der Waals surface area contributed by atoms with E-state index in [1.807, 2.05) is 30.3 Å². The van der Waals surface area contributed by atoms with Crippen LogP contribution in [0.5, 0.6) is 5.75 Å². The lowest BCUT2D eigenvalue weighted by Crippen LogP contribution is -2.18. The van der Waals surface area contributed by atoms with E-state index in [1.165, 1.54) is 15.9 Å². The molecule has 0 aliphatic carbocycles. The largest absolute Gasteiger partial charge is 0.497 e. The Morgan fingerprint density at radius 3 is 2.77 bits per heavy atom. The molecule has 0 unspecified atom stereocenters. The van der Waals surface area contributed by atoms with Crippen LogP contribution in [0, 0.1) is 11.8 Å². The summed E-state index contributed by atoms with van der Waals surface area (Å²) in [6.07, 6.45) is 1.56.